The first-order chi connectivity index (χ1) is 8.93. The molecule has 2 atom stereocenters. The van der Waals surface area contributed by atoms with Gasteiger partial charge in [0.1, 0.15) is 0 Å². The number of hydrogen-bond acceptors (Lipinski definition) is 4. The highest BCUT2D eigenvalue weighted by Crippen LogP contribution is 2.28. The third-order valence-electron chi connectivity index (χ3n) is 3.15. The Morgan fingerprint density at radius 1 is 1.37 bits per heavy atom. The Balaban J connectivity index is 2.32. The predicted molar refractivity (Wildman–Crippen MR) is 67.1 cm³/mol. The van der Waals surface area contributed by atoms with Crippen LogP contribution in [0.2, 0.25) is 0 Å². The first-order valence-corrected chi connectivity index (χ1v) is 7.47. The Morgan fingerprint density at radius 2 is 2.05 bits per heavy atom. The van der Waals surface area contributed by atoms with Crippen molar-refractivity contribution in [2.75, 3.05) is 11.9 Å². The molecule has 0 bridgehead atoms. The topological polar surface area (TPSA) is 55.4 Å². The van der Waals surface area contributed by atoms with Gasteiger partial charge in [-0.25, -0.2) is 8.42 Å². The molecule has 1 saturated heterocycles. The first-order valence-electron chi connectivity index (χ1n) is 5.92. The molecule has 1 fully saturated rings. The molecule has 1 heterocycles. The van der Waals surface area contributed by atoms with Gasteiger partial charge in [-0.3, -0.25) is 0 Å². The van der Waals surface area contributed by atoms with E-state index in [0.29, 0.717) is 13.0 Å². The lowest BCUT2D eigenvalue weighted by Crippen LogP contribution is -2.27. The van der Waals surface area contributed by atoms with E-state index in [1.165, 1.54) is 18.2 Å². The van der Waals surface area contributed by atoms with E-state index in [1.54, 1.807) is 6.07 Å². The smallest absolute Gasteiger partial charge is 0.341 e. The molecule has 0 radical (unpaired) electrons. The van der Waals surface area contributed by atoms with Gasteiger partial charge < -0.3 is 10.1 Å². The average Bonchev–Trinajstić information content (AvgIpc) is 2.75. The van der Waals surface area contributed by atoms with Gasteiger partial charge in [-0.05, 0) is 25.5 Å². The molecule has 1 aliphatic heterocycles. The molecule has 1 N–H and O–H groups in total. The van der Waals surface area contributed by atoms with Gasteiger partial charge in [0.05, 0.1) is 22.7 Å². The zero-order chi connectivity index (χ0) is 14.0. The third-order valence-corrected chi connectivity index (χ3v) is 4.58. The molecule has 0 aliphatic carbocycles. The highest BCUT2D eigenvalue weighted by molar-refractivity contribution is 7.91. The molecular formula is C12H15F2NO3S. The van der Waals surface area contributed by atoms with Gasteiger partial charge in [0.15, 0.2) is 0 Å². The number of para-hydroxylation sites is 1. The SMILES string of the molecule is CC1OCCC1Nc1ccccc1S(=O)(=O)C(F)F. The largest absolute Gasteiger partial charge is 0.379 e. The summed E-state index contributed by atoms with van der Waals surface area (Å²) in [6.07, 6.45) is 0.631. The molecule has 1 aromatic carbocycles. The molecule has 0 amide bonds. The molecule has 1 aliphatic rings. The Bertz CT molecular complexity index is 548. The first kappa shape index (κ1) is 14.2. The van der Waals surface area contributed by atoms with Crippen LogP contribution in [0.15, 0.2) is 29.2 Å². The summed E-state index contributed by atoms with van der Waals surface area (Å²) < 4.78 is 53.8. The van der Waals surface area contributed by atoms with E-state index in [4.69, 9.17) is 4.74 Å². The Morgan fingerprint density at radius 3 is 2.63 bits per heavy atom. The molecule has 4 nitrogen and oxygen atoms in total. The summed E-state index contributed by atoms with van der Waals surface area (Å²) in [5.41, 5.74) is 0.199. The maximum Gasteiger partial charge on any atom is 0.341 e. The van der Waals surface area contributed by atoms with Crippen LogP contribution in [0.4, 0.5) is 14.5 Å². The van der Waals surface area contributed by atoms with Crippen molar-refractivity contribution in [1.29, 1.82) is 0 Å². The summed E-state index contributed by atoms with van der Waals surface area (Å²) in [4.78, 5) is -0.371. The van der Waals surface area contributed by atoms with Gasteiger partial charge in [-0.1, -0.05) is 12.1 Å². The Labute approximate surface area is 110 Å². The molecule has 2 unspecified atom stereocenters. The quantitative estimate of drug-likeness (QED) is 0.924. The summed E-state index contributed by atoms with van der Waals surface area (Å²) >= 11 is 0. The lowest BCUT2D eigenvalue weighted by Gasteiger charge is -2.19. The van der Waals surface area contributed by atoms with Crippen molar-refractivity contribution in [3.8, 4) is 0 Å². The molecular weight excluding hydrogens is 276 g/mol. The van der Waals surface area contributed by atoms with Crippen molar-refractivity contribution in [2.45, 2.75) is 36.1 Å². The monoisotopic (exact) mass is 291 g/mol. The number of alkyl halides is 2. The van der Waals surface area contributed by atoms with Crippen LogP contribution in [0.5, 0.6) is 0 Å². The van der Waals surface area contributed by atoms with Crippen molar-refractivity contribution in [1.82, 2.24) is 0 Å². The maximum atomic E-state index is 12.6. The van der Waals surface area contributed by atoms with Crippen LogP contribution in [0, 0.1) is 0 Å². The van der Waals surface area contributed by atoms with E-state index < -0.39 is 15.6 Å². The summed E-state index contributed by atoms with van der Waals surface area (Å²) in [5, 5.41) is 2.98. The molecule has 106 valence electrons. The fraction of sp³-hybridized carbons (Fsp3) is 0.500. The molecule has 0 saturated carbocycles. The zero-order valence-electron chi connectivity index (χ0n) is 10.3. The van der Waals surface area contributed by atoms with Crippen LogP contribution < -0.4 is 5.32 Å². The van der Waals surface area contributed by atoms with E-state index >= 15 is 0 Å². The highest BCUT2D eigenvalue weighted by atomic mass is 32.2. The summed E-state index contributed by atoms with van der Waals surface area (Å²) in [7, 11) is -4.60. The molecule has 1 aromatic rings. The minimum absolute atomic E-state index is 0.0750. The number of sulfone groups is 1. The summed E-state index contributed by atoms with van der Waals surface area (Å²) in [5.74, 6) is -3.42. The number of rotatable bonds is 4. The number of hydrogen-bond donors (Lipinski definition) is 1. The standard InChI is InChI=1S/C12H15F2NO3S/c1-8-9(6-7-18-8)15-10-4-2-3-5-11(10)19(16,17)12(13)14/h2-5,8-9,12,15H,6-7H2,1H3. The van der Waals surface area contributed by atoms with Crippen molar-refractivity contribution in [2.24, 2.45) is 0 Å². The molecule has 0 spiro atoms. The van der Waals surface area contributed by atoms with Crippen molar-refractivity contribution in [3.05, 3.63) is 24.3 Å². The van der Waals surface area contributed by atoms with Crippen LogP contribution in [0.1, 0.15) is 13.3 Å². The van der Waals surface area contributed by atoms with Gasteiger partial charge in [-0.15, -0.1) is 0 Å². The molecule has 2 rings (SSSR count). The van der Waals surface area contributed by atoms with Crippen LogP contribution in [0.3, 0.4) is 0 Å². The van der Waals surface area contributed by atoms with Crippen molar-refractivity contribution in [3.63, 3.8) is 0 Å². The van der Waals surface area contributed by atoms with Crippen molar-refractivity contribution >= 4 is 15.5 Å². The number of nitrogens with one attached hydrogen (secondary N) is 1. The van der Waals surface area contributed by atoms with Crippen LogP contribution in [-0.4, -0.2) is 32.9 Å². The molecule has 0 aromatic heterocycles. The molecule has 19 heavy (non-hydrogen) atoms. The second-order valence-corrected chi connectivity index (χ2v) is 6.30. The predicted octanol–water partition coefficient (Wildman–Crippen LogP) is 2.27. The van der Waals surface area contributed by atoms with Gasteiger partial charge in [-0.2, -0.15) is 8.78 Å². The van der Waals surface area contributed by atoms with Crippen LogP contribution >= 0.6 is 0 Å². The van der Waals surface area contributed by atoms with E-state index in [1.807, 2.05) is 6.92 Å². The third kappa shape index (κ3) is 2.87. The van der Waals surface area contributed by atoms with Crippen molar-refractivity contribution < 1.29 is 21.9 Å². The second kappa shape index (κ2) is 5.42. The number of benzene rings is 1. The number of halogens is 2. The lowest BCUT2D eigenvalue weighted by molar-refractivity contribution is 0.121. The molecule has 7 heteroatoms. The average molecular weight is 291 g/mol. The summed E-state index contributed by atoms with van der Waals surface area (Å²) in [6, 6.07) is 5.63. The van der Waals surface area contributed by atoms with Gasteiger partial charge >= 0.3 is 5.76 Å². The van der Waals surface area contributed by atoms with Gasteiger partial charge in [0.2, 0.25) is 9.84 Å². The maximum absolute atomic E-state index is 12.6. The van der Waals surface area contributed by atoms with E-state index in [0.717, 1.165) is 0 Å². The van der Waals surface area contributed by atoms with Crippen LogP contribution in [0.25, 0.3) is 0 Å². The van der Waals surface area contributed by atoms with Crippen LogP contribution in [-0.2, 0) is 14.6 Å². The minimum Gasteiger partial charge on any atom is -0.379 e. The highest BCUT2D eigenvalue weighted by Gasteiger charge is 2.31. The van der Waals surface area contributed by atoms with Gasteiger partial charge in [0, 0.05) is 6.61 Å². The Kier molecular flexibility index (Phi) is 4.05. The fourth-order valence-corrected chi connectivity index (χ4v) is 2.94. The second-order valence-electron chi connectivity index (χ2n) is 4.42. The van der Waals surface area contributed by atoms with E-state index in [9.17, 15) is 17.2 Å². The number of ether oxygens (including phenoxy) is 1. The normalized spacial score (nSPS) is 23.8. The fourth-order valence-electron chi connectivity index (χ4n) is 2.05. The Hall–Kier alpha value is -1.21. The lowest BCUT2D eigenvalue weighted by atomic mass is 10.1. The van der Waals surface area contributed by atoms with Gasteiger partial charge in [0.25, 0.3) is 0 Å². The summed E-state index contributed by atoms with van der Waals surface area (Å²) in [6.45, 7) is 2.43. The number of anilines is 1. The minimum atomic E-state index is -4.60. The van der Waals surface area contributed by atoms with E-state index in [2.05, 4.69) is 5.32 Å². The zero-order valence-corrected chi connectivity index (χ0v) is 11.2. The van der Waals surface area contributed by atoms with E-state index in [-0.39, 0.29) is 22.7 Å².